The number of rotatable bonds is 6. The topological polar surface area (TPSA) is 113 Å². The van der Waals surface area contributed by atoms with Crippen LogP contribution in [0.2, 0.25) is 0 Å². The zero-order valence-corrected chi connectivity index (χ0v) is 20.3. The number of aromatic carboxylic acids is 1. The molecular formula is C26H20BrNO7. The number of Topliss-reactive ketones (excluding diaryl/α,β-unsaturated/α-hetero) is 1. The lowest BCUT2D eigenvalue weighted by Gasteiger charge is -2.26. The lowest BCUT2D eigenvalue weighted by molar-refractivity contribution is -0.132. The summed E-state index contributed by atoms with van der Waals surface area (Å²) >= 11 is 3.34. The first kappa shape index (κ1) is 24.0. The Hall–Kier alpha value is -4.11. The van der Waals surface area contributed by atoms with Crippen molar-refractivity contribution in [1.82, 2.24) is 0 Å². The largest absolute Gasteiger partial charge is 0.507 e. The van der Waals surface area contributed by atoms with Crippen molar-refractivity contribution in [3.8, 4) is 11.5 Å². The number of ether oxygens (including phenoxy) is 2. The van der Waals surface area contributed by atoms with Gasteiger partial charge in [0.25, 0.3) is 11.7 Å². The van der Waals surface area contributed by atoms with Crippen molar-refractivity contribution >= 4 is 45.0 Å². The van der Waals surface area contributed by atoms with E-state index >= 15 is 0 Å². The van der Waals surface area contributed by atoms with E-state index in [0.717, 1.165) is 4.47 Å². The highest BCUT2D eigenvalue weighted by Gasteiger charge is 2.47. The standard InChI is InChI=1S/C26H20BrNO7/c1-34-19-11-8-15(13-20(19)35-2)22-21(23(29)14-6-9-17(27)10-7-14)24(30)25(31)28(22)18-5-3-4-16(12-18)26(32)33/h3-13,22,29H,1-2H3,(H,32,33). The molecule has 3 aromatic carbocycles. The van der Waals surface area contributed by atoms with E-state index < -0.39 is 23.7 Å². The fourth-order valence-corrected chi connectivity index (χ4v) is 4.25. The van der Waals surface area contributed by atoms with Crippen LogP contribution in [0.1, 0.15) is 27.5 Å². The molecule has 1 aliphatic rings. The summed E-state index contributed by atoms with van der Waals surface area (Å²) < 4.78 is 11.5. The normalized spacial score (nSPS) is 16.9. The molecule has 8 nitrogen and oxygen atoms in total. The number of aliphatic hydroxyl groups is 1. The van der Waals surface area contributed by atoms with E-state index in [1.807, 2.05) is 0 Å². The zero-order chi connectivity index (χ0) is 25.3. The second kappa shape index (κ2) is 9.63. The van der Waals surface area contributed by atoms with Crippen molar-refractivity contribution in [2.24, 2.45) is 0 Å². The number of methoxy groups -OCH3 is 2. The van der Waals surface area contributed by atoms with Crippen LogP contribution in [0.4, 0.5) is 5.69 Å². The molecule has 1 unspecified atom stereocenters. The van der Waals surface area contributed by atoms with Gasteiger partial charge in [-0.05, 0) is 48.0 Å². The van der Waals surface area contributed by atoms with Gasteiger partial charge in [-0.3, -0.25) is 14.5 Å². The highest BCUT2D eigenvalue weighted by molar-refractivity contribution is 9.10. The van der Waals surface area contributed by atoms with Crippen LogP contribution in [0.25, 0.3) is 5.76 Å². The highest BCUT2D eigenvalue weighted by atomic mass is 79.9. The van der Waals surface area contributed by atoms with Gasteiger partial charge in [-0.25, -0.2) is 4.79 Å². The van der Waals surface area contributed by atoms with Crippen molar-refractivity contribution in [3.05, 3.63) is 93.5 Å². The number of carbonyl (C=O) groups is 3. The molecule has 3 aromatic rings. The third-order valence-corrected chi connectivity index (χ3v) is 6.19. The van der Waals surface area contributed by atoms with Crippen molar-refractivity contribution in [2.45, 2.75) is 6.04 Å². The average molecular weight is 538 g/mol. The van der Waals surface area contributed by atoms with Crippen molar-refractivity contribution < 1.29 is 34.1 Å². The molecule has 35 heavy (non-hydrogen) atoms. The van der Waals surface area contributed by atoms with E-state index in [0.29, 0.717) is 22.6 Å². The fraction of sp³-hybridized carbons (Fsp3) is 0.115. The van der Waals surface area contributed by atoms with Gasteiger partial charge in [0.1, 0.15) is 5.76 Å². The first-order valence-corrected chi connectivity index (χ1v) is 11.2. The first-order valence-electron chi connectivity index (χ1n) is 10.4. The molecule has 9 heteroatoms. The van der Waals surface area contributed by atoms with Crippen LogP contribution in [-0.4, -0.2) is 42.1 Å². The molecule has 1 fully saturated rings. The Labute approximate surface area is 209 Å². The van der Waals surface area contributed by atoms with Crippen LogP contribution in [0.5, 0.6) is 11.5 Å². The maximum Gasteiger partial charge on any atom is 0.335 e. The number of nitrogens with zero attached hydrogens (tertiary/aromatic N) is 1. The summed E-state index contributed by atoms with van der Waals surface area (Å²) in [5, 5.41) is 20.6. The Kier molecular flexibility index (Phi) is 6.61. The molecule has 0 radical (unpaired) electrons. The molecule has 1 atom stereocenters. The Bertz CT molecular complexity index is 1360. The molecule has 0 aliphatic carbocycles. The lowest BCUT2D eigenvalue weighted by Crippen LogP contribution is -2.29. The molecule has 4 rings (SSSR count). The summed E-state index contributed by atoms with van der Waals surface area (Å²) in [7, 11) is 2.94. The summed E-state index contributed by atoms with van der Waals surface area (Å²) in [5.41, 5.74) is 0.812. The Balaban J connectivity index is 1.98. The molecule has 0 spiro atoms. The van der Waals surface area contributed by atoms with Gasteiger partial charge in [0.05, 0.1) is 31.4 Å². The summed E-state index contributed by atoms with van der Waals surface area (Å²) in [6.45, 7) is 0. The third-order valence-electron chi connectivity index (χ3n) is 5.66. The molecule has 0 aromatic heterocycles. The highest BCUT2D eigenvalue weighted by Crippen LogP contribution is 2.44. The number of hydrogen-bond donors (Lipinski definition) is 2. The van der Waals surface area contributed by atoms with E-state index in [9.17, 15) is 24.6 Å². The molecule has 1 heterocycles. The molecule has 1 aliphatic heterocycles. The number of carboxylic acid groups (broad SMARTS) is 1. The van der Waals surface area contributed by atoms with Gasteiger partial charge in [0.15, 0.2) is 11.5 Å². The number of halogens is 1. The maximum absolute atomic E-state index is 13.3. The smallest absolute Gasteiger partial charge is 0.335 e. The molecule has 1 amide bonds. The summed E-state index contributed by atoms with van der Waals surface area (Å²) in [6, 6.07) is 16.2. The van der Waals surface area contributed by atoms with E-state index in [-0.39, 0.29) is 22.6 Å². The van der Waals surface area contributed by atoms with Crippen LogP contribution in [-0.2, 0) is 9.59 Å². The predicted molar refractivity (Wildman–Crippen MR) is 132 cm³/mol. The van der Waals surface area contributed by atoms with Gasteiger partial charge in [0.2, 0.25) is 0 Å². The van der Waals surface area contributed by atoms with Gasteiger partial charge in [-0.1, -0.05) is 40.2 Å². The monoisotopic (exact) mass is 537 g/mol. The number of aliphatic hydroxyl groups excluding tert-OH is 1. The number of benzene rings is 3. The second-order valence-corrected chi connectivity index (χ2v) is 8.56. The lowest BCUT2D eigenvalue weighted by atomic mass is 9.94. The summed E-state index contributed by atoms with van der Waals surface area (Å²) in [5.74, 6) is -2.53. The minimum absolute atomic E-state index is 0.0524. The van der Waals surface area contributed by atoms with Crippen molar-refractivity contribution in [1.29, 1.82) is 0 Å². The predicted octanol–water partition coefficient (Wildman–Crippen LogP) is 4.79. The molecule has 0 bridgehead atoms. The van der Waals surface area contributed by atoms with Crippen molar-refractivity contribution in [3.63, 3.8) is 0 Å². The van der Waals surface area contributed by atoms with Gasteiger partial charge in [0, 0.05) is 15.7 Å². The Morgan fingerprint density at radius 3 is 2.20 bits per heavy atom. The van der Waals surface area contributed by atoms with Gasteiger partial charge < -0.3 is 19.7 Å². The van der Waals surface area contributed by atoms with E-state index in [2.05, 4.69) is 15.9 Å². The van der Waals surface area contributed by atoms with Crippen LogP contribution < -0.4 is 14.4 Å². The second-order valence-electron chi connectivity index (χ2n) is 7.65. The Morgan fingerprint density at radius 2 is 1.57 bits per heavy atom. The van der Waals surface area contributed by atoms with Gasteiger partial charge >= 0.3 is 5.97 Å². The minimum Gasteiger partial charge on any atom is -0.507 e. The summed E-state index contributed by atoms with van der Waals surface area (Å²) in [6.07, 6.45) is 0. The molecule has 1 saturated heterocycles. The number of anilines is 1. The third kappa shape index (κ3) is 4.38. The molecule has 2 N–H and O–H groups in total. The van der Waals surface area contributed by atoms with Crippen LogP contribution in [0, 0.1) is 0 Å². The van der Waals surface area contributed by atoms with Crippen LogP contribution in [0.15, 0.2) is 76.8 Å². The van der Waals surface area contributed by atoms with Crippen LogP contribution in [0.3, 0.4) is 0 Å². The molecule has 178 valence electrons. The van der Waals surface area contributed by atoms with E-state index in [1.54, 1.807) is 42.5 Å². The van der Waals surface area contributed by atoms with Gasteiger partial charge in [-0.15, -0.1) is 0 Å². The maximum atomic E-state index is 13.3. The number of carbonyl (C=O) groups excluding carboxylic acids is 2. The van der Waals surface area contributed by atoms with Gasteiger partial charge in [-0.2, -0.15) is 0 Å². The van der Waals surface area contributed by atoms with E-state index in [1.165, 1.54) is 43.4 Å². The zero-order valence-electron chi connectivity index (χ0n) is 18.7. The summed E-state index contributed by atoms with van der Waals surface area (Å²) in [4.78, 5) is 39.3. The van der Waals surface area contributed by atoms with Crippen molar-refractivity contribution in [2.75, 3.05) is 19.1 Å². The number of hydrogen-bond acceptors (Lipinski definition) is 6. The minimum atomic E-state index is -1.18. The van der Waals surface area contributed by atoms with Crippen LogP contribution >= 0.6 is 15.9 Å². The quantitative estimate of drug-likeness (QED) is 0.264. The SMILES string of the molecule is COc1ccc(C2C(=C(O)c3ccc(Br)cc3)C(=O)C(=O)N2c2cccc(C(=O)O)c2)cc1OC. The number of ketones is 1. The number of amides is 1. The Morgan fingerprint density at radius 1 is 0.886 bits per heavy atom. The molecular weight excluding hydrogens is 518 g/mol. The molecule has 0 saturated carbocycles. The fourth-order valence-electron chi connectivity index (χ4n) is 3.99. The average Bonchev–Trinajstić information content (AvgIpc) is 3.13. The number of carboxylic acids is 1. The first-order chi connectivity index (χ1) is 16.8. The van der Waals surface area contributed by atoms with E-state index in [4.69, 9.17) is 9.47 Å².